The van der Waals surface area contributed by atoms with Gasteiger partial charge in [0.25, 0.3) is 0 Å². The Bertz CT molecular complexity index is 357. The fraction of sp³-hybridized carbons (Fsp3) is 0.773. The maximum atomic E-state index is 5.60. The summed E-state index contributed by atoms with van der Waals surface area (Å²) in [6.07, 6.45) is 29.8. The van der Waals surface area contributed by atoms with Crippen molar-refractivity contribution in [1.82, 2.24) is 0 Å². The summed E-state index contributed by atoms with van der Waals surface area (Å²) >= 11 is 0. The average Bonchev–Trinajstić information content (AvgIpc) is 2.62. The van der Waals surface area contributed by atoms with Gasteiger partial charge in [-0.2, -0.15) is 4.58 Å². The normalized spacial score (nSPS) is 15.3. The van der Waals surface area contributed by atoms with Crippen molar-refractivity contribution in [2.75, 3.05) is 13.2 Å². The van der Waals surface area contributed by atoms with Crippen molar-refractivity contribution in [1.29, 1.82) is 0 Å². The summed E-state index contributed by atoms with van der Waals surface area (Å²) in [6.45, 7) is 4.07. The number of ether oxygens (including phenoxy) is 1. The largest absolute Gasteiger partial charge is 0.450 e. The highest BCUT2D eigenvalue weighted by atomic mass is 16.5. The molecule has 0 unspecified atom stereocenters. The first kappa shape index (κ1) is 21.0. The third kappa shape index (κ3) is 13.4. The Balaban J connectivity index is 1.72. The van der Waals surface area contributed by atoms with Gasteiger partial charge in [0.15, 0.2) is 12.7 Å². The molecule has 0 amide bonds. The minimum atomic E-state index is 0.853. The van der Waals surface area contributed by atoms with Gasteiger partial charge < -0.3 is 4.74 Å². The SMILES string of the molecule is CCCCCCCCCCCCCCCCOC=[N+]1C=CC=CC1. The lowest BCUT2D eigenvalue weighted by Gasteiger charge is -2.03. The lowest BCUT2D eigenvalue weighted by molar-refractivity contribution is -0.450. The number of hydrogen-bond acceptors (Lipinski definition) is 1. The van der Waals surface area contributed by atoms with E-state index in [0.717, 1.165) is 13.2 Å². The van der Waals surface area contributed by atoms with Crippen molar-refractivity contribution in [3.63, 3.8) is 0 Å². The zero-order valence-electron chi connectivity index (χ0n) is 16.1. The van der Waals surface area contributed by atoms with Gasteiger partial charge in [-0.15, -0.1) is 0 Å². The molecule has 1 aliphatic heterocycles. The van der Waals surface area contributed by atoms with Crippen LogP contribution in [0.15, 0.2) is 24.4 Å². The number of allylic oxidation sites excluding steroid dienone is 2. The molecule has 24 heavy (non-hydrogen) atoms. The van der Waals surface area contributed by atoms with Crippen molar-refractivity contribution in [3.05, 3.63) is 24.4 Å². The monoisotopic (exact) mass is 334 g/mol. The molecule has 1 aliphatic rings. The molecule has 0 radical (unpaired) electrons. The van der Waals surface area contributed by atoms with Crippen LogP contribution in [0.4, 0.5) is 0 Å². The maximum absolute atomic E-state index is 5.60. The molecule has 0 aliphatic carbocycles. The van der Waals surface area contributed by atoms with Gasteiger partial charge in [0.2, 0.25) is 0 Å². The minimum absolute atomic E-state index is 0.853. The molecule has 138 valence electrons. The van der Waals surface area contributed by atoms with Crippen LogP contribution in [-0.2, 0) is 4.74 Å². The summed E-state index contributed by atoms with van der Waals surface area (Å²) < 4.78 is 7.67. The first-order chi connectivity index (χ1) is 11.9. The Labute approximate surface area is 150 Å². The molecule has 0 bridgehead atoms. The average molecular weight is 335 g/mol. The Morgan fingerprint density at radius 2 is 1.29 bits per heavy atom. The fourth-order valence-corrected chi connectivity index (χ4v) is 3.09. The van der Waals surface area contributed by atoms with Crippen molar-refractivity contribution in [2.24, 2.45) is 0 Å². The molecule has 1 rings (SSSR count). The van der Waals surface area contributed by atoms with Crippen LogP contribution < -0.4 is 0 Å². The lowest BCUT2D eigenvalue weighted by Crippen LogP contribution is -2.10. The van der Waals surface area contributed by atoms with E-state index in [1.54, 1.807) is 0 Å². The van der Waals surface area contributed by atoms with E-state index in [2.05, 4.69) is 23.7 Å². The van der Waals surface area contributed by atoms with Gasteiger partial charge in [0, 0.05) is 6.08 Å². The van der Waals surface area contributed by atoms with E-state index in [9.17, 15) is 0 Å². The van der Waals surface area contributed by atoms with E-state index in [-0.39, 0.29) is 0 Å². The van der Waals surface area contributed by atoms with Crippen LogP contribution in [-0.4, -0.2) is 24.1 Å². The third-order valence-electron chi connectivity index (χ3n) is 4.67. The van der Waals surface area contributed by atoms with Crippen LogP contribution in [0.2, 0.25) is 0 Å². The number of rotatable bonds is 16. The highest BCUT2D eigenvalue weighted by Gasteiger charge is 1.99. The molecule has 2 nitrogen and oxygen atoms in total. The van der Waals surface area contributed by atoms with Gasteiger partial charge in [0.05, 0.1) is 6.61 Å². The highest BCUT2D eigenvalue weighted by molar-refractivity contribution is 5.40. The zero-order valence-corrected chi connectivity index (χ0v) is 16.1. The predicted octanol–water partition coefficient (Wildman–Crippen LogP) is 6.61. The molecule has 0 aromatic carbocycles. The Morgan fingerprint density at radius 3 is 1.79 bits per heavy atom. The molecule has 1 heterocycles. The predicted molar refractivity (Wildman–Crippen MR) is 106 cm³/mol. The lowest BCUT2D eigenvalue weighted by atomic mass is 10.0. The summed E-state index contributed by atoms with van der Waals surface area (Å²) in [6, 6.07) is 0. The molecule has 0 atom stereocenters. The van der Waals surface area contributed by atoms with Crippen molar-refractivity contribution < 1.29 is 9.31 Å². The van der Waals surface area contributed by atoms with Crippen LogP contribution >= 0.6 is 0 Å². The van der Waals surface area contributed by atoms with E-state index in [1.165, 1.54) is 89.9 Å². The summed E-state index contributed by atoms with van der Waals surface area (Å²) in [5.41, 5.74) is 0. The van der Waals surface area contributed by atoms with Crippen molar-refractivity contribution in [3.8, 4) is 0 Å². The first-order valence-corrected chi connectivity index (χ1v) is 10.5. The van der Waals surface area contributed by atoms with E-state index in [1.807, 2.05) is 18.7 Å². The Hall–Kier alpha value is -1.05. The number of nitrogens with zero attached hydrogens (tertiary/aromatic N) is 1. The highest BCUT2D eigenvalue weighted by Crippen LogP contribution is 2.12. The molecular formula is C22H40NO+. The zero-order chi connectivity index (χ0) is 17.1. The first-order valence-electron chi connectivity index (χ1n) is 10.5. The van der Waals surface area contributed by atoms with Crippen LogP contribution in [0.5, 0.6) is 0 Å². The van der Waals surface area contributed by atoms with Crippen molar-refractivity contribution >= 4 is 6.40 Å². The van der Waals surface area contributed by atoms with E-state index < -0.39 is 0 Å². The number of hydrogen-bond donors (Lipinski definition) is 0. The smallest absolute Gasteiger partial charge is 0.329 e. The van der Waals surface area contributed by atoms with Gasteiger partial charge in [-0.3, -0.25) is 0 Å². The van der Waals surface area contributed by atoms with Crippen LogP contribution in [0.1, 0.15) is 96.8 Å². The van der Waals surface area contributed by atoms with Crippen LogP contribution in [0.25, 0.3) is 0 Å². The second-order valence-corrected chi connectivity index (χ2v) is 7.04. The van der Waals surface area contributed by atoms with Gasteiger partial charge in [-0.05, 0) is 12.5 Å². The Morgan fingerprint density at radius 1 is 0.750 bits per heavy atom. The molecule has 0 fully saturated rings. The second-order valence-electron chi connectivity index (χ2n) is 7.04. The molecule has 0 saturated heterocycles. The summed E-state index contributed by atoms with van der Waals surface area (Å²) in [7, 11) is 0. The van der Waals surface area contributed by atoms with Gasteiger partial charge in [0.1, 0.15) is 0 Å². The quantitative estimate of drug-likeness (QED) is 0.176. The molecule has 2 heteroatoms. The number of unbranched alkanes of at least 4 members (excludes halogenated alkanes) is 13. The molecule has 0 saturated carbocycles. The standard InChI is InChI=1S/C22H40NO/c1-2-3-4-5-6-7-8-9-10-11-12-13-14-18-21-24-22-23-19-16-15-17-20-23/h15-17,19,22H,2-14,18,20-21H2,1H3/q+1. The maximum Gasteiger partial charge on any atom is 0.329 e. The van der Waals surface area contributed by atoms with E-state index in [4.69, 9.17) is 4.74 Å². The Kier molecular flexibility index (Phi) is 14.7. The molecular weight excluding hydrogens is 294 g/mol. The van der Waals surface area contributed by atoms with Crippen molar-refractivity contribution in [2.45, 2.75) is 96.8 Å². The van der Waals surface area contributed by atoms with Gasteiger partial charge in [-0.25, -0.2) is 0 Å². The van der Waals surface area contributed by atoms with Gasteiger partial charge >= 0.3 is 6.40 Å². The summed E-state index contributed by atoms with van der Waals surface area (Å²) in [5.74, 6) is 0. The van der Waals surface area contributed by atoms with Crippen LogP contribution in [0.3, 0.4) is 0 Å². The van der Waals surface area contributed by atoms with E-state index in [0.29, 0.717) is 0 Å². The molecule has 0 aromatic rings. The summed E-state index contributed by atoms with van der Waals surface area (Å²) in [5, 5.41) is 0. The third-order valence-corrected chi connectivity index (χ3v) is 4.67. The fourth-order valence-electron chi connectivity index (χ4n) is 3.09. The van der Waals surface area contributed by atoms with Gasteiger partial charge in [-0.1, -0.05) is 96.5 Å². The molecule has 0 N–H and O–H groups in total. The van der Waals surface area contributed by atoms with E-state index >= 15 is 0 Å². The topological polar surface area (TPSA) is 12.2 Å². The molecule has 0 spiro atoms. The minimum Gasteiger partial charge on any atom is -0.450 e. The summed E-state index contributed by atoms with van der Waals surface area (Å²) in [4.78, 5) is 0. The molecule has 0 aromatic heterocycles. The van der Waals surface area contributed by atoms with Crippen LogP contribution in [0, 0.1) is 0 Å². The second kappa shape index (κ2) is 16.8.